The Bertz CT molecular complexity index is 596. The van der Waals surface area contributed by atoms with Gasteiger partial charge >= 0.3 is 0 Å². The van der Waals surface area contributed by atoms with Crippen molar-refractivity contribution in [3.8, 4) is 0 Å². The molecule has 0 aliphatic rings. The predicted octanol–water partition coefficient (Wildman–Crippen LogP) is 5.23. The van der Waals surface area contributed by atoms with Gasteiger partial charge in [-0.2, -0.15) is 0 Å². The van der Waals surface area contributed by atoms with Gasteiger partial charge in [-0.1, -0.05) is 53.0 Å². The summed E-state index contributed by atoms with van der Waals surface area (Å²) in [5.41, 5.74) is 2.45. The van der Waals surface area contributed by atoms with Crippen molar-refractivity contribution in [3.63, 3.8) is 0 Å². The van der Waals surface area contributed by atoms with E-state index in [4.69, 9.17) is 34.8 Å². The number of benzene rings is 2. The van der Waals surface area contributed by atoms with Crippen LogP contribution in [0.15, 0.2) is 36.4 Å². The van der Waals surface area contributed by atoms with Crippen molar-refractivity contribution in [3.05, 3.63) is 68.2 Å². The first-order valence-corrected chi connectivity index (χ1v) is 6.99. The SMILES string of the molecule is Cc1cccc(C(O)Cc2cc(Cl)ccc2Cl)c1Cl. The fourth-order valence-electron chi connectivity index (χ4n) is 1.95. The molecule has 1 N–H and O–H groups in total. The van der Waals surface area contributed by atoms with Crippen molar-refractivity contribution in [2.45, 2.75) is 19.4 Å². The van der Waals surface area contributed by atoms with E-state index < -0.39 is 6.10 Å². The van der Waals surface area contributed by atoms with Gasteiger partial charge in [0.05, 0.1) is 6.10 Å². The summed E-state index contributed by atoms with van der Waals surface area (Å²) in [6.45, 7) is 1.91. The molecule has 2 rings (SSSR count). The highest BCUT2D eigenvalue weighted by Gasteiger charge is 2.15. The smallest absolute Gasteiger partial charge is 0.0845 e. The van der Waals surface area contributed by atoms with E-state index >= 15 is 0 Å². The van der Waals surface area contributed by atoms with E-state index in [1.54, 1.807) is 18.2 Å². The summed E-state index contributed by atoms with van der Waals surface area (Å²) in [4.78, 5) is 0. The van der Waals surface area contributed by atoms with Crippen molar-refractivity contribution in [1.82, 2.24) is 0 Å². The van der Waals surface area contributed by atoms with Crippen LogP contribution in [0.1, 0.15) is 22.8 Å². The maximum Gasteiger partial charge on any atom is 0.0845 e. The normalized spacial score (nSPS) is 12.5. The molecule has 4 heteroatoms. The molecule has 0 radical (unpaired) electrons. The van der Waals surface area contributed by atoms with Crippen molar-refractivity contribution in [2.75, 3.05) is 0 Å². The van der Waals surface area contributed by atoms with Gasteiger partial charge in [0, 0.05) is 21.5 Å². The number of rotatable bonds is 3. The van der Waals surface area contributed by atoms with Gasteiger partial charge in [0.25, 0.3) is 0 Å². The molecule has 2 aromatic rings. The second-order valence-corrected chi connectivity index (χ2v) is 5.66. The van der Waals surface area contributed by atoms with E-state index in [0.717, 1.165) is 11.1 Å². The minimum absolute atomic E-state index is 0.378. The van der Waals surface area contributed by atoms with Gasteiger partial charge in [-0.05, 0) is 41.8 Å². The van der Waals surface area contributed by atoms with Crippen molar-refractivity contribution < 1.29 is 5.11 Å². The van der Waals surface area contributed by atoms with Gasteiger partial charge in [0.2, 0.25) is 0 Å². The number of aliphatic hydroxyl groups excluding tert-OH is 1. The maximum atomic E-state index is 10.3. The highest BCUT2D eigenvalue weighted by Crippen LogP contribution is 2.30. The topological polar surface area (TPSA) is 20.2 Å². The lowest BCUT2D eigenvalue weighted by Gasteiger charge is -2.15. The van der Waals surface area contributed by atoms with Crippen LogP contribution in [0.3, 0.4) is 0 Å². The Balaban J connectivity index is 2.28. The second-order valence-electron chi connectivity index (χ2n) is 4.43. The van der Waals surface area contributed by atoms with Gasteiger partial charge in [0.1, 0.15) is 0 Å². The molecule has 0 fully saturated rings. The van der Waals surface area contributed by atoms with Crippen molar-refractivity contribution in [1.29, 1.82) is 0 Å². The van der Waals surface area contributed by atoms with Gasteiger partial charge < -0.3 is 5.11 Å². The largest absolute Gasteiger partial charge is 0.388 e. The van der Waals surface area contributed by atoms with Crippen LogP contribution in [-0.4, -0.2) is 5.11 Å². The molecular formula is C15H13Cl3O. The van der Waals surface area contributed by atoms with E-state index in [1.165, 1.54) is 0 Å². The minimum Gasteiger partial charge on any atom is -0.388 e. The molecular weight excluding hydrogens is 303 g/mol. The maximum absolute atomic E-state index is 10.3. The summed E-state index contributed by atoms with van der Waals surface area (Å²) in [7, 11) is 0. The van der Waals surface area contributed by atoms with Crippen LogP contribution in [0.2, 0.25) is 15.1 Å². The molecule has 100 valence electrons. The average Bonchev–Trinajstić information content (AvgIpc) is 2.37. The zero-order valence-electron chi connectivity index (χ0n) is 10.3. The molecule has 0 saturated carbocycles. The standard InChI is InChI=1S/C15H13Cl3O/c1-9-3-2-4-12(15(9)18)14(19)8-10-7-11(16)5-6-13(10)17/h2-7,14,19H,8H2,1H3. The van der Waals surface area contributed by atoms with Gasteiger partial charge in [-0.15, -0.1) is 0 Å². The monoisotopic (exact) mass is 314 g/mol. The molecule has 0 aromatic heterocycles. The van der Waals surface area contributed by atoms with E-state index in [9.17, 15) is 5.11 Å². The number of halogens is 3. The molecule has 19 heavy (non-hydrogen) atoms. The third-order valence-corrected chi connectivity index (χ3v) is 4.12. The van der Waals surface area contributed by atoms with Gasteiger partial charge in [-0.3, -0.25) is 0 Å². The van der Waals surface area contributed by atoms with Crippen LogP contribution in [0.5, 0.6) is 0 Å². The molecule has 2 aromatic carbocycles. The van der Waals surface area contributed by atoms with Crippen LogP contribution in [0.25, 0.3) is 0 Å². The summed E-state index contributed by atoms with van der Waals surface area (Å²) in [6.07, 6.45) is -0.328. The summed E-state index contributed by atoms with van der Waals surface area (Å²) < 4.78 is 0. The summed E-state index contributed by atoms with van der Waals surface area (Å²) in [6, 6.07) is 10.8. The molecule has 0 aliphatic carbocycles. The van der Waals surface area contributed by atoms with Crippen LogP contribution in [-0.2, 0) is 6.42 Å². The molecule has 0 heterocycles. The first kappa shape index (κ1) is 14.7. The highest BCUT2D eigenvalue weighted by molar-refractivity contribution is 6.33. The molecule has 0 bridgehead atoms. The number of hydrogen-bond acceptors (Lipinski definition) is 1. The van der Waals surface area contributed by atoms with E-state index in [2.05, 4.69) is 0 Å². The molecule has 1 atom stereocenters. The van der Waals surface area contributed by atoms with Crippen molar-refractivity contribution >= 4 is 34.8 Å². The molecule has 0 aliphatic heterocycles. The van der Waals surface area contributed by atoms with Crippen molar-refractivity contribution in [2.24, 2.45) is 0 Å². The second kappa shape index (κ2) is 6.15. The van der Waals surface area contributed by atoms with Gasteiger partial charge in [-0.25, -0.2) is 0 Å². The summed E-state index contributed by atoms with van der Waals surface area (Å²) in [5.74, 6) is 0. The fourth-order valence-corrected chi connectivity index (χ4v) is 2.59. The Hall–Kier alpha value is -0.730. The Morgan fingerprint density at radius 2 is 1.84 bits per heavy atom. The Kier molecular flexibility index (Phi) is 4.75. The van der Waals surface area contributed by atoms with Crippen LogP contribution >= 0.6 is 34.8 Å². The third-order valence-electron chi connectivity index (χ3n) is 3.00. The van der Waals surface area contributed by atoms with E-state index in [-0.39, 0.29) is 0 Å². The lowest BCUT2D eigenvalue weighted by molar-refractivity contribution is 0.178. The first-order valence-electron chi connectivity index (χ1n) is 5.86. The fraction of sp³-hybridized carbons (Fsp3) is 0.200. The number of aryl methyl sites for hydroxylation is 1. The summed E-state index contributed by atoms with van der Waals surface area (Å²) >= 11 is 18.2. The Labute approximate surface area is 127 Å². The Morgan fingerprint density at radius 1 is 1.11 bits per heavy atom. The molecule has 0 saturated heterocycles. The predicted molar refractivity (Wildman–Crippen MR) is 81.3 cm³/mol. The van der Waals surface area contributed by atoms with Crippen LogP contribution in [0, 0.1) is 6.92 Å². The quantitative estimate of drug-likeness (QED) is 0.822. The van der Waals surface area contributed by atoms with Gasteiger partial charge in [0.15, 0.2) is 0 Å². The lowest BCUT2D eigenvalue weighted by atomic mass is 10.00. The van der Waals surface area contributed by atoms with Crippen LogP contribution < -0.4 is 0 Å². The molecule has 0 spiro atoms. The van der Waals surface area contributed by atoms with E-state index in [1.807, 2.05) is 25.1 Å². The van der Waals surface area contributed by atoms with Crippen LogP contribution in [0.4, 0.5) is 0 Å². The lowest BCUT2D eigenvalue weighted by Crippen LogP contribution is -2.03. The van der Waals surface area contributed by atoms with E-state index in [0.29, 0.717) is 27.1 Å². The summed E-state index contributed by atoms with van der Waals surface area (Å²) in [5, 5.41) is 12.1. The zero-order chi connectivity index (χ0) is 14.0. The molecule has 0 amide bonds. The third kappa shape index (κ3) is 3.43. The molecule has 1 nitrogen and oxygen atoms in total. The average molecular weight is 316 g/mol. The first-order chi connectivity index (χ1) is 8.99. The Morgan fingerprint density at radius 3 is 2.58 bits per heavy atom. The zero-order valence-corrected chi connectivity index (χ0v) is 12.6. The highest BCUT2D eigenvalue weighted by atomic mass is 35.5. The molecule has 1 unspecified atom stereocenters. The number of aliphatic hydroxyl groups is 1. The minimum atomic E-state index is -0.705. The number of hydrogen-bond donors (Lipinski definition) is 1.